The summed E-state index contributed by atoms with van der Waals surface area (Å²) in [6, 6.07) is 19.3. The molecule has 0 atom stereocenters. The highest BCUT2D eigenvalue weighted by atomic mass is 35.5. The van der Waals surface area contributed by atoms with Gasteiger partial charge in [-0.3, -0.25) is 9.10 Å². The van der Waals surface area contributed by atoms with Crippen LogP contribution in [0.4, 0.5) is 5.69 Å². The fraction of sp³-hybridized carbons (Fsp3) is 0.160. The van der Waals surface area contributed by atoms with Crippen molar-refractivity contribution in [2.24, 2.45) is 5.10 Å². The largest absolute Gasteiger partial charge is 0.495 e. The molecule has 186 valence electrons. The van der Waals surface area contributed by atoms with Crippen molar-refractivity contribution < 1.29 is 22.7 Å². The van der Waals surface area contributed by atoms with Gasteiger partial charge in [0.15, 0.2) is 6.61 Å². The minimum Gasteiger partial charge on any atom is -0.495 e. The van der Waals surface area contributed by atoms with E-state index in [1.165, 1.54) is 37.6 Å². The Bertz CT molecular complexity index is 1390. The lowest BCUT2D eigenvalue weighted by atomic mass is 10.2. The van der Waals surface area contributed by atoms with E-state index in [-0.39, 0.29) is 28.0 Å². The fourth-order valence-corrected chi connectivity index (χ4v) is 4.70. The number of hydrazone groups is 1. The number of hydrogen-bond donors (Lipinski definition) is 1. The molecule has 0 radical (unpaired) electrons. The Kier molecular flexibility index (Phi) is 8.89. The number of methoxy groups -OCH3 is 1. The maximum Gasteiger partial charge on any atom is 0.264 e. The third kappa shape index (κ3) is 6.75. The summed E-state index contributed by atoms with van der Waals surface area (Å²) < 4.78 is 38.5. The Morgan fingerprint density at radius 3 is 2.47 bits per heavy atom. The van der Waals surface area contributed by atoms with Crippen LogP contribution >= 0.6 is 11.6 Å². The van der Waals surface area contributed by atoms with Gasteiger partial charge in [0.2, 0.25) is 0 Å². The average molecular weight is 527 g/mol. The number of aryl methyl sites for hydroxylation is 1. The number of sulfonamides is 1. The molecule has 0 heterocycles. The van der Waals surface area contributed by atoms with Crippen molar-refractivity contribution in [3.05, 3.63) is 82.9 Å². The topological polar surface area (TPSA) is 121 Å². The molecule has 0 aliphatic carbocycles. The lowest BCUT2D eigenvalue weighted by Gasteiger charge is -2.25. The first-order valence-corrected chi connectivity index (χ1v) is 12.4. The van der Waals surface area contributed by atoms with Gasteiger partial charge in [0.05, 0.1) is 23.9 Å². The van der Waals surface area contributed by atoms with Crippen LogP contribution in [-0.2, 0) is 14.8 Å². The van der Waals surface area contributed by atoms with Crippen molar-refractivity contribution in [2.45, 2.75) is 11.8 Å². The van der Waals surface area contributed by atoms with Crippen molar-refractivity contribution in [2.75, 3.05) is 24.6 Å². The number of halogens is 1. The van der Waals surface area contributed by atoms with Gasteiger partial charge in [0.1, 0.15) is 24.1 Å². The summed E-state index contributed by atoms with van der Waals surface area (Å²) >= 11 is 6.14. The summed E-state index contributed by atoms with van der Waals surface area (Å²) in [7, 11) is -2.77. The molecule has 9 nitrogen and oxygen atoms in total. The lowest BCUT2D eigenvalue weighted by molar-refractivity contribution is -0.119. The van der Waals surface area contributed by atoms with E-state index in [4.69, 9.17) is 26.3 Å². The van der Waals surface area contributed by atoms with E-state index in [1.807, 2.05) is 13.0 Å². The summed E-state index contributed by atoms with van der Waals surface area (Å²) in [4.78, 5) is 12.8. The highest BCUT2D eigenvalue weighted by molar-refractivity contribution is 7.92. The standard InChI is InChI=1S/C25H23ClN4O5S/c1-18-3-10-22(11-4-18)36(32,33)30(23-15-20(26)7-12-24(23)34-2)17-25(31)29-28-16-19-5-8-21(9-6-19)35-14-13-27/h3-12,15-16H,14,17H2,1-2H3,(H,29,31)/b28-16-. The van der Waals surface area contributed by atoms with Crippen LogP contribution in [0.5, 0.6) is 11.5 Å². The van der Waals surface area contributed by atoms with Gasteiger partial charge in [0.25, 0.3) is 15.9 Å². The molecule has 36 heavy (non-hydrogen) atoms. The Morgan fingerprint density at radius 2 is 1.83 bits per heavy atom. The molecule has 3 aromatic rings. The van der Waals surface area contributed by atoms with Crippen molar-refractivity contribution in [1.82, 2.24) is 5.43 Å². The van der Waals surface area contributed by atoms with E-state index in [0.29, 0.717) is 11.3 Å². The Labute approximate surface area is 214 Å². The van der Waals surface area contributed by atoms with E-state index in [1.54, 1.807) is 42.5 Å². The quantitative estimate of drug-likeness (QED) is 0.316. The first-order chi connectivity index (χ1) is 17.2. The second-order valence-electron chi connectivity index (χ2n) is 7.45. The monoisotopic (exact) mass is 526 g/mol. The summed E-state index contributed by atoms with van der Waals surface area (Å²) in [6.45, 7) is 1.20. The minimum atomic E-state index is -4.16. The van der Waals surface area contributed by atoms with Crippen LogP contribution in [0, 0.1) is 18.3 Å². The van der Waals surface area contributed by atoms with Crippen molar-refractivity contribution in [1.29, 1.82) is 5.26 Å². The van der Waals surface area contributed by atoms with Crippen molar-refractivity contribution >= 4 is 39.4 Å². The Hall–Kier alpha value is -4.07. The smallest absolute Gasteiger partial charge is 0.264 e. The molecule has 11 heteroatoms. The molecule has 3 rings (SSSR count). The van der Waals surface area contributed by atoms with Crippen LogP contribution < -0.4 is 19.2 Å². The number of carbonyl (C=O) groups excluding carboxylic acids is 1. The third-order valence-corrected chi connectivity index (χ3v) is 6.90. The Morgan fingerprint density at radius 1 is 1.14 bits per heavy atom. The maximum absolute atomic E-state index is 13.5. The van der Waals surface area contributed by atoms with Gasteiger partial charge in [-0.1, -0.05) is 29.3 Å². The Balaban J connectivity index is 1.83. The zero-order chi connectivity index (χ0) is 26.1. The highest BCUT2D eigenvalue weighted by Gasteiger charge is 2.29. The van der Waals surface area contributed by atoms with Gasteiger partial charge in [-0.15, -0.1) is 0 Å². The van der Waals surface area contributed by atoms with Gasteiger partial charge >= 0.3 is 0 Å². The van der Waals surface area contributed by atoms with Crippen LogP contribution in [0.15, 0.2) is 76.7 Å². The van der Waals surface area contributed by atoms with E-state index in [0.717, 1.165) is 9.87 Å². The predicted octanol–water partition coefficient (Wildman–Crippen LogP) is 3.91. The summed E-state index contributed by atoms with van der Waals surface area (Å²) in [6.07, 6.45) is 1.39. The molecule has 0 spiro atoms. The number of ether oxygens (including phenoxy) is 2. The van der Waals surface area contributed by atoms with Crippen molar-refractivity contribution in [3.63, 3.8) is 0 Å². The number of hydrogen-bond acceptors (Lipinski definition) is 7. The van der Waals surface area contributed by atoms with E-state index < -0.39 is 22.5 Å². The molecule has 0 unspecified atom stereocenters. The van der Waals surface area contributed by atoms with Gasteiger partial charge < -0.3 is 9.47 Å². The molecule has 3 aromatic carbocycles. The molecule has 0 bridgehead atoms. The third-order valence-electron chi connectivity index (χ3n) is 4.89. The molecular weight excluding hydrogens is 504 g/mol. The average Bonchev–Trinajstić information content (AvgIpc) is 2.87. The number of anilines is 1. The second kappa shape index (κ2) is 12.1. The molecule has 1 amide bonds. The van der Waals surface area contributed by atoms with E-state index in [9.17, 15) is 13.2 Å². The van der Waals surface area contributed by atoms with Gasteiger partial charge in [-0.25, -0.2) is 13.8 Å². The zero-order valence-electron chi connectivity index (χ0n) is 19.5. The fourth-order valence-electron chi connectivity index (χ4n) is 3.11. The van der Waals surface area contributed by atoms with Crippen molar-refractivity contribution in [3.8, 4) is 17.6 Å². The van der Waals surface area contributed by atoms with Gasteiger partial charge in [-0.2, -0.15) is 10.4 Å². The van der Waals surface area contributed by atoms with Crippen LogP contribution in [0.3, 0.4) is 0 Å². The van der Waals surface area contributed by atoms with Gasteiger partial charge in [0, 0.05) is 5.02 Å². The highest BCUT2D eigenvalue weighted by Crippen LogP contribution is 2.34. The molecule has 0 saturated carbocycles. The molecule has 1 N–H and O–H groups in total. The molecule has 0 fully saturated rings. The molecule has 0 saturated heterocycles. The van der Waals surface area contributed by atoms with E-state index >= 15 is 0 Å². The van der Waals surface area contributed by atoms with Crippen LogP contribution in [-0.4, -0.2) is 40.8 Å². The van der Waals surface area contributed by atoms with Crippen LogP contribution in [0.2, 0.25) is 5.02 Å². The minimum absolute atomic E-state index is 0.00476. The molecule has 0 aliphatic heterocycles. The number of benzene rings is 3. The number of nitrogens with zero attached hydrogens (tertiary/aromatic N) is 3. The predicted molar refractivity (Wildman–Crippen MR) is 137 cm³/mol. The molecular formula is C25H23ClN4O5S. The number of rotatable bonds is 10. The maximum atomic E-state index is 13.5. The number of nitriles is 1. The zero-order valence-corrected chi connectivity index (χ0v) is 21.1. The first-order valence-electron chi connectivity index (χ1n) is 10.6. The normalized spacial score (nSPS) is 11.1. The number of carbonyl (C=O) groups is 1. The number of amides is 1. The van der Waals surface area contributed by atoms with E-state index in [2.05, 4.69) is 10.5 Å². The second-order valence-corrected chi connectivity index (χ2v) is 9.75. The molecule has 0 aliphatic rings. The SMILES string of the molecule is COc1ccc(Cl)cc1N(CC(=O)N/N=C\c1ccc(OCC#N)cc1)S(=O)(=O)c1ccc(C)cc1. The molecule has 0 aromatic heterocycles. The summed E-state index contributed by atoms with van der Waals surface area (Å²) in [5.74, 6) is 0.0631. The van der Waals surface area contributed by atoms with Crippen LogP contribution in [0.25, 0.3) is 0 Å². The van der Waals surface area contributed by atoms with Crippen LogP contribution in [0.1, 0.15) is 11.1 Å². The summed E-state index contributed by atoms with van der Waals surface area (Å²) in [5.41, 5.74) is 3.99. The first kappa shape index (κ1) is 26.5. The lowest BCUT2D eigenvalue weighted by Crippen LogP contribution is -2.39. The summed E-state index contributed by atoms with van der Waals surface area (Å²) in [5, 5.41) is 12.7. The van der Waals surface area contributed by atoms with Gasteiger partial charge in [-0.05, 0) is 67.1 Å². The number of nitrogens with one attached hydrogen (secondary N) is 1.